The number of rotatable bonds is 6. The molecular weight excluding hydrogens is 380 g/mol. The summed E-state index contributed by atoms with van der Waals surface area (Å²) in [5.41, 5.74) is 0.788. The highest BCUT2D eigenvalue weighted by molar-refractivity contribution is 6.17. The minimum absolute atomic E-state index is 0.0734. The normalized spacial score (nSPS) is 17.8. The highest BCUT2D eigenvalue weighted by Crippen LogP contribution is 2.46. The van der Waals surface area contributed by atoms with Crippen LogP contribution in [0.1, 0.15) is 12.0 Å². The lowest BCUT2D eigenvalue weighted by atomic mass is 9.76. The topological polar surface area (TPSA) is 67.9 Å². The molecule has 0 bridgehead atoms. The third-order valence-corrected chi connectivity index (χ3v) is 5.30. The van der Waals surface area contributed by atoms with E-state index < -0.39 is 5.54 Å². The summed E-state index contributed by atoms with van der Waals surface area (Å²) in [5.74, 6) is 0.829. The number of ether oxygens (including phenoxy) is 2. The van der Waals surface area contributed by atoms with Crippen LogP contribution in [0, 0.1) is 0 Å². The van der Waals surface area contributed by atoms with Gasteiger partial charge < -0.3 is 14.8 Å². The molecule has 0 radical (unpaired) electrons. The zero-order valence-electron chi connectivity index (χ0n) is 16.8. The summed E-state index contributed by atoms with van der Waals surface area (Å²) in [6.45, 7) is 0. The molecule has 1 fully saturated rings. The maximum absolute atomic E-state index is 13.6. The Morgan fingerprint density at radius 3 is 2.23 bits per heavy atom. The molecule has 1 atom stereocenters. The van der Waals surface area contributed by atoms with Gasteiger partial charge in [-0.25, -0.2) is 0 Å². The Morgan fingerprint density at radius 1 is 0.900 bits per heavy atom. The Kier molecular flexibility index (Phi) is 5.14. The van der Waals surface area contributed by atoms with E-state index in [4.69, 9.17) is 9.47 Å². The standard InChI is InChI=1S/C24H22N2O4/c1-29-20-12-6-10-18(14-20)25-23(28)24(17-8-4-3-5-9-17)16-22(27)26(24)19-11-7-13-21(15-19)30-2/h3-15H,16H2,1-2H3,(H,25,28). The number of benzene rings is 3. The van der Waals surface area contributed by atoms with Crippen molar-refractivity contribution in [3.05, 3.63) is 84.4 Å². The lowest BCUT2D eigenvalue weighted by Gasteiger charge is -2.50. The molecule has 1 aliphatic heterocycles. The smallest absolute Gasteiger partial charge is 0.255 e. The van der Waals surface area contributed by atoms with Gasteiger partial charge in [0, 0.05) is 23.5 Å². The van der Waals surface area contributed by atoms with E-state index in [2.05, 4.69) is 5.32 Å². The van der Waals surface area contributed by atoms with Gasteiger partial charge in [-0.2, -0.15) is 0 Å². The number of methoxy groups -OCH3 is 2. The molecule has 1 saturated heterocycles. The number of β-lactam (4-membered cyclic amide) rings is 1. The molecule has 2 amide bonds. The van der Waals surface area contributed by atoms with E-state index >= 15 is 0 Å². The van der Waals surface area contributed by atoms with E-state index in [9.17, 15) is 9.59 Å². The first-order valence-corrected chi connectivity index (χ1v) is 9.56. The minimum Gasteiger partial charge on any atom is -0.497 e. The van der Waals surface area contributed by atoms with E-state index in [1.165, 1.54) is 0 Å². The van der Waals surface area contributed by atoms with Crippen molar-refractivity contribution in [1.82, 2.24) is 0 Å². The zero-order valence-corrected chi connectivity index (χ0v) is 16.8. The van der Waals surface area contributed by atoms with Gasteiger partial charge in [0.05, 0.1) is 20.6 Å². The molecule has 6 heteroatoms. The average Bonchev–Trinajstić information content (AvgIpc) is 2.78. The number of nitrogens with one attached hydrogen (secondary N) is 1. The van der Waals surface area contributed by atoms with Gasteiger partial charge in [-0.05, 0) is 29.8 Å². The van der Waals surface area contributed by atoms with Gasteiger partial charge >= 0.3 is 0 Å². The van der Waals surface area contributed by atoms with Crippen molar-refractivity contribution in [1.29, 1.82) is 0 Å². The number of carbonyl (C=O) groups is 2. The number of hydrogen-bond acceptors (Lipinski definition) is 4. The van der Waals surface area contributed by atoms with Crippen LogP contribution in [0.25, 0.3) is 0 Å². The molecule has 3 aromatic rings. The molecular formula is C24H22N2O4. The summed E-state index contributed by atoms with van der Waals surface area (Å²) in [5, 5.41) is 2.96. The Labute approximate surface area is 175 Å². The van der Waals surface area contributed by atoms with E-state index in [1.807, 2.05) is 30.3 Å². The highest BCUT2D eigenvalue weighted by Gasteiger charge is 2.58. The van der Waals surface area contributed by atoms with Crippen LogP contribution in [0.15, 0.2) is 78.9 Å². The minimum atomic E-state index is -1.16. The van der Waals surface area contributed by atoms with Crippen LogP contribution in [0.5, 0.6) is 11.5 Å². The summed E-state index contributed by atoms with van der Waals surface area (Å²) in [6.07, 6.45) is 0.0734. The molecule has 0 spiro atoms. The molecule has 1 aliphatic rings. The van der Waals surface area contributed by atoms with Crippen molar-refractivity contribution in [3.8, 4) is 11.5 Å². The number of hydrogen-bond donors (Lipinski definition) is 1. The van der Waals surface area contributed by atoms with Crippen molar-refractivity contribution in [3.63, 3.8) is 0 Å². The van der Waals surface area contributed by atoms with Gasteiger partial charge in [0.1, 0.15) is 11.5 Å². The summed E-state index contributed by atoms with van der Waals surface area (Å²) in [7, 11) is 3.14. The molecule has 1 heterocycles. The SMILES string of the molecule is COc1cccc(NC(=O)C2(c3ccccc3)CC(=O)N2c2cccc(OC)c2)c1. The van der Waals surface area contributed by atoms with Gasteiger partial charge in [-0.15, -0.1) is 0 Å². The second-order valence-corrected chi connectivity index (χ2v) is 7.02. The summed E-state index contributed by atoms with van der Waals surface area (Å²) < 4.78 is 10.6. The van der Waals surface area contributed by atoms with Gasteiger partial charge in [-0.3, -0.25) is 14.5 Å². The van der Waals surface area contributed by atoms with E-state index in [0.717, 1.165) is 5.56 Å². The molecule has 0 saturated carbocycles. The van der Waals surface area contributed by atoms with Crippen molar-refractivity contribution < 1.29 is 19.1 Å². The fraction of sp³-hybridized carbons (Fsp3) is 0.167. The third kappa shape index (κ3) is 3.26. The van der Waals surface area contributed by atoms with Gasteiger partial charge in [0.2, 0.25) is 5.91 Å². The maximum atomic E-state index is 13.6. The molecule has 1 N–H and O–H groups in total. The highest BCUT2D eigenvalue weighted by atomic mass is 16.5. The number of nitrogens with zero attached hydrogens (tertiary/aromatic N) is 1. The average molecular weight is 402 g/mol. The summed E-state index contributed by atoms with van der Waals surface area (Å²) in [4.78, 5) is 27.9. The third-order valence-electron chi connectivity index (χ3n) is 5.30. The molecule has 4 rings (SSSR count). The second kappa shape index (κ2) is 7.91. The Hall–Kier alpha value is -3.80. The molecule has 3 aromatic carbocycles. The lowest BCUT2D eigenvalue weighted by molar-refractivity contribution is -0.137. The molecule has 6 nitrogen and oxygen atoms in total. The first-order valence-electron chi connectivity index (χ1n) is 9.56. The van der Waals surface area contributed by atoms with Crippen molar-refractivity contribution in [2.75, 3.05) is 24.4 Å². The van der Waals surface area contributed by atoms with E-state index in [0.29, 0.717) is 22.9 Å². The fourth-order valence-electron chi connectivity index (χ4n) is 3.81. The Balaban J connectivity index is 1.77. The first-order chi connectivity index (χ1) is 14.6. The number of anilines is 2. The predicted molar refractivity (Wildman–Crippen MR) is 115 cm³/mol. The summed E-state index contributed by atoms with van der Waals surface area (Å²) in [6, 6.07) is 23.6. The maximum Gasteiger partial charge on any atom is 0.255 e. The monoisotopic (exact) mass is 402 g/mol. The fourth-order valence-corrected chi connectivity index (χ4v) is 3.81. The van der Waals surface area contributed by atoms with Crippen LogP contribution in [0.3, 0.4) is 0 Å². The van der Waals surface area contributed by atoms with Crippen LogP contribution in [-0.4, -0.2) is 26.0 Å². The molecule has 0 aliphatic carbocycles. The van der Waals surface area contributed by atoms with Crippen molar-refractivity contribution in [2.24, 2.45) is 0 Å². The van der Waals surface area contributed by atoms with Gasteiger partial charge in [0.15, 0.2) is 5.54 Å². The lowest BCUT2D eigenvalue weighted by Crippen LogP contribution is -2.67. The van der Waals surface area contributed by atoms with Crippen molar-refractivity contribution >= 4 is 23.2 Å². The van der Waals surface area contributed by atoms with Crippen molar-refractivity contribution in [2.45, 2.75) is 12.0 Å². The van der Waals surface area contributed by atoms with Gasteiger partial charge in [0.25, 0.3) is 5.91 Å². The summed E-state index contributed by atoms with van der Waals surface area (Å²) >= 11 is 0. The number of carbonyl (C=O) groups excluding carboxylic acids is 2. The zero-order chi connectivity index (χ0) is 21.1. The molecule has 1 unspecified atom stereocenters. The van der Waals surface area contributed by atoms with Crippen LogP contribution >= 0.6 is 0 Å². The van der Waals surface area contributed by atoms with Crippen LogP contribution in [0.4, 0.5) is 11.4 Å². The van der Waals surface area contributed by atoms with Crippen LogP contribution < -0.4 is 19.7 Å². The van der Waals surface area contributed by atoms with E-state index in [1.54, 1.807) is 67.7 Å². The van der Waals surface area contributed by atoms with Crippen LogP contribution in [-0.2, 0) is 15.1 Å². The Bertz CT molecular complexity index is 1080. The predicted octanol–water partition coefficient (Wildman–Crippen LogP) is 3.97. The quantitative estimate of drug-likeness (QED) is 0.634. The Morgan fingerprint density at radius 2 is 1.57 bits per heavy atom. The van der Waals surface area contributed by atoms with E-state index in [-0.39, 0.29) is 18.2 Å². The van der Waals surface area contributed by atoms with Crippen LogP contribution in [0.2, 0.25) is 0 Å². The number of amides is 2. The first kappa shape index (κ1) is 19.5. The van der Waals surface area contributed by atoms with Gasteiger partial charge in [-0.1, -0.05) is 42.5 Å². The molecule has 152 valence electrons. The molecule has 30 heavy (non-hydrogen) atoms. The second-order valence-electron chi connectivity index (χ2n) is 7.02. The largest absolute Gasteiger partial charge is 0.497 e. The molecule has 0 aromatic heterocycles.